The Hall–Kier alpha value is -1.52. The van der Waals surface area contributed by atoms with Gasteiger partial charge in [0.1, 0.15) is 6.04 Å². The van der Waals surface area contributed by atoms with Crippen LogP contribution in [0.15, 0.2) is 11.0 Å². The fraction of sp³-hybridized carbons (Fsp3) is 0.556. The van der Waals surface area contributed by atoms with Gasteiger partial charge in [-0.15, -0.1) is 0 Å². The van der Waals surface area contributed by atoms with Crippen molar-refractivity contribution in [2.24, 2.45) is 5.92 Å². The Morgan fingerprint density at radius 2 is 2.14 bits per heavy atom. The van der Waals surface area contributed by atoms with Crippen molar-refractivity contribution in [2.75, 3.05) is 0 Å². The molecule has 5 heteroatoms. The summed E-state index contributed by atoms with van der Waals surface area (Å²) in [6, 6.07) is -0.797. The summed E-state index contributed by atoms with van der Waals surface area (Å²) < 4.78 is 1.27. The molecular weight excluding hydrogens is 184 g/mol. The van der Waals surface area contributed by atoms with Crippen LogP contribution in [0.2, 0.25) is 0 Å². The van der Waals surface area contributed by atoms with Gasteiger partial charge in [0.2, 0.25) is 0 Å². The largest absolute Gasteiger partial charge is 0.480 e. The molecule has 0 aliphatic rings. The SMILES string of the molecule is Cc1c[nH]c(=O)n1C(C(=O)O)C(C)C. The summed E-state index contributed by atoms with van der Waals surface area (Å²) in [6.07, 6.45) is 1.51. The Morgan fingerprint density at radius 3 is 2.43 bits per heavy atom. The number of carboxylic acids is 1. The molecule has 0 radical (unpaired) electrons. The number of nitrogens with one attached hydrogen (secondary N) is 1. The van der Waals surface area contributed by atoms with Gasteiger partial charge in [0.15, 0.2) is 0 Å². The number of nitrogens with zero attached hydrogens (tertiary/aromatic N) is 1. The highest BCUT2D eigenvalue weighted by molar-refractivity contribution is 5.72. The molecule has 0 aliphatic carbocycles. The summed E-state index contributed by atoms with van der Waals surface area (Å²) in [7, 11) is 0. The fourth-order valence-electron chi connectivity index (χ4n) is 1.50. The van der Waals surface area contributed by atoms with Gasteiger partial charge >= 0.3 is 11.7 Å². The number of rotatable bonds is 3. The molecule has 0 saturated carbocycles. The van der Waals surface area contributed by atoms with Crippen LogP contribution in [0.5, 0.6) is 0 Å². The van der Waals surface area contributed by atoms with Crippen molar-refractivity contribution in [3.05, 3.63) is 22.4 Å². The first-order valence-corrected chi connectivity index (χ1v) is 4.44. The number of imidazole rings is 1. The van der Waals surface area contributed by atoms with Crippen LogP contribution in [-0.4, -0.2) is 20.6 Å². The van der Waals surface area contributed by atoms with E-state index in [0.717, 1.165) is 0 Å². The average Bonchev–Trinajstić information content (AvgIpc) is 2.34. The third-order valence-electron chi connectivity index (χ3n) is 2.17. The first kappa shape index (κ1) is 10.6. The number of carbonyl (C=O) groups is 1. The monoisotopic (exact) mass is 198 g/mol. The first-order chi connectivity index (χ1) is 6.45. The van der Waals surface area contributed by atoms with E-state index in [1.807, 2.05) is 0 Å². The fourth-order valence-corrected chi connectivity index (χ4v) is 1.50. The number of aliphatic carboxylic acids is 1. The van der Waals surface area contributed by atoms with Crippen molar-refractivity contribution in [1.29, 1.82) is 0 Å². The van der Waals surface area contributed by atoms with Gasteiger partial charge in [0, 0.05) is 11.9 Å². The molecule has 0 amide bonds. The Labute approximate surface area is 81.4 Å². The molecule has 1 rings (SSSR count). The Balaban J connectivity index is 3.24. The molecule has 0 aliphatic heterocycles. The molecule has 0 bridgehead atoms. The van der Waals surface area contributed by atoms with E-state index in [4.69, 9.17) is 5.11 Å². The highest BCUT2D eigenvalue weighted by Crippen LogP contribution is 2.17. The molecule has 0 saturated heterocycles. The minimum atomic E-state index is -0.982. The summed E-state index contributed by atoms with van der Waals surface area (Å²) >= 11 is 0. The van der Waals surface area contributed by atoms with E-state index in [1.54, 1.807) is 20.8 Å². The number of aromatic nitrogens is 2. The zero-order valence-electron chi connectivity index (χ0n) is 8.44. The molecule has 1 aromatic heterocycles. The van der Waals surface area contributed by atoms with Crippen LogP contribution in [0.4, 0.5) is 0 Å². The second-order valence-corrected chi connectivity index (χ2v) is 3.63. The molecule has 5 nitrogen and oxygen atoms in total. The molecule has 0 fully saturated rings. The van der Waals surface area contributed by atoms with E-state index in [1.165, 1.54) is 10.8 Å². The molecule has 2 N–H and O–H groups in total. The van der Waals surface area contributed by atoms with E-state index in [-0.39, 0.29) is 11.6 Å². The number of H-pyrrole nitrogens is 1. The second kappa shape index (κ2) is 3.69. The van der Waals surface area contributed by atoms with Gasteiger partial charge in [-0.05, 0) is 12.8 Å². The Bertz CT molecular complexity index is 389. The van der Waals surface area contributed by atoms with Crippen LogP contribution in [0.25, 0.3) is 0 Å². The van der Waals surface area contributed by atoms with Crippen molar-refractivity contribution < 1.29 is 9.90 Å². The van der Waals surface area contributed by atoms with Crippen molar-refractivity contribution >= 4 is 5.97 Å². The van der Waals surface area contributed by atoms with Gasteiger partial charge in [0.05, 0.1) is 0 Å². The maximum atomic E-state index is 11.3. The van der Waals surface area contributed by atoms with Gasteiger partial charge in [-0.2, -0.15) is 0 Å². The minimum absolute atomic E-state index is 0.125. The maximum Gasteiger partial charge on any atom is 0.327 e. The molecule has 1 unspecified atom stereocenters. The van der Waals surface area contributed by atoms with Crippen LogP contribution < -0.4 is 5.69 Å². The van der Waals surface area contributed by atoms with Gasteiger partial charge in [-0.25, -0.2) is 9.59 Å². The summed E-state index contributed by atoms with van der Waals surface area (Å²) in [5.74, 6) is -1.11. The lowest BCUT2D eigenvalue weighted by Crippen LogP contribution is -2.32. The lowest BCUT2D eigenvalue weighted by Gasteiger charge is -2.18. The third-order valence-corrected chi connectivity index (χ3v) is 2.17. The number of hydrogen-bond acceptors (Lipinski definition) is 2. The summed E-state index contributed by atoms with van der Waals surface area (Å²) in [5, 5.41) is 8.99. The van der Waals surface area contributed by atoms with E-state index < -0.39 is 12.0 Å². The number of hydrogen-bond donors (Lipinski definition) is 2. The molecule has 1 aromatic rings. The minimum Gasteiger partial charge on any atom is -0.480 e. The summed E-state index contributed by atoms with van der Waals surface area (Å²) in [6.45, 7) is 5.26. The van der Waals surface area contributed by atoms with E-state index in [9.17, 15) is 9.59 Å². The van der Waals surface area contributed by atoms with Crippen molar-refractivity contribution in [3.8, 4) is 0 Å². The van der Waals surface area contributed by atoms with Gasteiger partial charge < -0.3 is 10.1 Å². The Kier molecular flexibility index (Phi) is 2.78. The highest BCUT2D eigenvalue weighted by Gasteiger charge is 2.26. The van der Waals surface area contributed by atoms with Crippen LogP contribution in [0.3, 0.4) is 0 Å². The maximum absolute atomic E-state index is 11.3. The zero-order chi connectivity index (χ0) is 10.9. The highest BCUT2D eigenvalue weighted by atomic mass is 16.4. The predicted octanol–water partition coefficient (Wildman–Crippen LogP) is 0.767. The van der Waals surface area contributed by atoms with Gasteiger partial charge in [0.25, 0.3) is 0 Å². The standard InChI is InChI=1S/C9H14N2O3/c1-5(2)7(8(12)13)11-6(3)4-10-9(11)14/h4-5,7H,1-3H3,(H,10,14)(H,12,13). The van der Waals surface area contributed by atoms with Crippen molar-refractivity contribution in [3.63, 3.8) is 0 Å². The van der Waals surface area contributed by atoms with E-state index >= 15 is 0 Å². The average molecular weight is 198 g/mol. The molecule has 1 heterocycles. The smallest absolute Gasteiger partial charge is 0.327 e. The van der Waals surface area contributed by atoms with Crippen LogP contribution in [0.1, 0.15) is 25.6 Å². The number of carboxylic acid groups (broad SMARTS) is 1. The normalized spacial score (nSPS) is 13.1. The van der Waals surface area contributed by atoms with Crippen LogP contribution in [-0.2, 0) is 4.79 Å². The van der Waals surface area contributed by atoms with Gasteiger partial charge in [-0.1, -0.05) is 13.8 Å². The number of aromatic amines is 1. The molecule has 0 aromatic carbocycles. The van der Waals surface area contributed by atoms with E-state index in [2.05, 4.69) is 4.98 Å². The van der Waals surface area contributed by atoms with Crippen LogP contribution >= 0.6 is 0 Å². The quantitative estimate of drug-likeness (QED) is 0.753. The molecule has 1 atom stereocenters. The Morgan fingerprint density at radius 1 is 1.57 bits per heavy atom. The lowest BCUT2D eigenvalue weighted by atomic mass is 10.0. The summed E-state index contributed by atoms with van der Waals surface area (Å²) in [4.78, 5) is 24.8. The van der Waals surface area contributed by atoms with Crippen molar-refractivity contribution in [1.82, 2.24) is 9.55 Å². The van der Waals surface area contributed by atoms with Gasteiger partial charge in [-0.3, -0.25) is 4.57 Å². The second-order valence-electron chi connectivity index (χ2n) is 3.63. The predicted molar refractivity (Wildman–Crippen MR) is 51.3 cm³/mol. The first-order valence-electron chi connectivity index (χ1n) is 4.44. The molecule has 0 spiro atoms. The summed E-state index contributed by atoms with van der Waals surface area (Å²) in [5.41, 5.74) is 0.264. The zero-order valence-corrected chi connectivity index (χ0v) is 8.44. The topological polar surface area (TPSA) is 75.1 Å². The third kappa shape index (κ3) is 1.71. The van der Waals surface area contributed by atoms with Crippen LogP contribution in [0, 0.1) is 12.8 Å². The van der Waals surface area contributed by atoms with E-state index in [0.29, 0.717) is 5.69 Å². The molecule has 14 heavy (non-hydrogen) atoms. The number of aryl methyl sites for hydroxylation is 1. The lowest BCUT2D eigenvalue weighted by molar-refractivity contribution is -0.142. The molecular formula is C9H14N2O3. The van der Waals surface area contributed by atoms with Crippen molar-refractivity contribution in [2.45, 2.75) is 26.8 Å². The molecule has 78 valence electrons.